The molecular formula is C15H29NO3. The first-order chi connectivity index (χ1) is 8.61. The molecule has 0 aliphatic heterocycles. The van der Waals surface area contributed by atoms with Crippen LogP contribution in [0.1, 0.15) is 66.7 Å². The SMILES string of the molecule is CCC(CC1CCC(C)(O)C1)NC(=O)OC(C)(C)C. The summed E-state index contributed by atoms with van der Waals surface area (Å²) in [6.07, 6.45) is 4.20. The van der Waals surface area contributed by atoms with Gasteiger partial charge < -0.3 is 15.2 Å². The molecule has 1 fully saturated rings. The number of hydrogen-bond acceptors (Lipinski definition) is 3. The second kappa shape index (κ2) is 6.12. The monoisotopic (exact) mass is 271 g/mol. The van der Waals surface area contributed by atoms with E-state index in [0.717, 1.165) is 32.1 Å². The van der Waals surface area contributed by atoms with Gasteiger partial charge in [0, 0.05) is 6.04 Å². The summed E-state index contributed by atoms with van der Waals surface area (Å²) in [6.45, 7) is 9.55. The summed E-state index contributed by atoms with van der Waals surface area (Å²) >= 11 is 0. The van der Waals surface area contributed by atoms with Crippen LogP contribution >= 0.6 is 0 Å². The number of ether oxygens (including phenoxy) is 1. The number of carbonyl (C=O) groups excluding carboxylic acids is 1. The Morgan fingerprint density at radius 1 is 1.53 bits per heavy atom. The zero-order chi connectivity index (χ0) is 14.7. The molecule has 112 valence electrons. The van der Waals surface area contributed by atoms with Gasteiger partial charge in [-0.2, -0.15) is 0 Å². The van der Waals surface area contributed by atoms with E-state index in [1.54, 1.807) is 0 Å². The molecule has 19 heavy (non-hydrogen) atoms. The molecular weight excluding hydrogens is 242 g/mol. The molecule has 0 aromatic rings. The van der Waals surface area contributed by atoms with Gasteiger partial charge in [-0.05, 0) is 65.7 Å². The van der Waals surface area contributed by atoms with Gasteiger partial charge >= 0.3 is 6.09 Å². The molecule has 4 nitrogen and oxygen atoms in total. The van der Waals surface area contributed by atoms with Crippen molar-refractivity contribution in [2.45, 2.75) is 84.0 Å². The van der Waals surface area contributed by atoms with Gasteiger partial charge in [0.05, 0.1) is 5.60 Å². The molecule has 0 radical (unpaired) electrons. The number of nitrogens with one attached hydrogen (secondary N) is 1. The quantitative estimate of drug-likeness (QED) is 0.825. The molecule has 1 amide bonds. The molecule has 0 aromatic heterocycles. The van der Waals surface area contributed by atoms with Gasteiger partial charge in [0.2, 0.25) is 0 Å². The van der Waals surface area contributed by atoms with Crippen LogP contribution < -0.4 is 5.32 Å². The maximum Gasteiger partial charge on any atom is 0.407 e. The van der Waals surface area contributed by atoms with Crippen LogP contribution in [-0.4, -0.2) is 28.4 Å². The number of alkyl carbamates (subject to hydrolysis) is 1. The maximum atomic E-state index is 11.7. The van der Waals surface area contributed by atoms with Crippen molar-refractivity contribution < 1.29 is 14.6 Å². The van der Waals surface area contributed by atoms with E-state index >= 15 is 0 Å². The van der Waals surface area contributed by atoms with Gasteiger partial charge in [-0.15, -0.1) is 0 Å². The Morgan fingerprint density at radius 3 is 2.58 bits per heavy atom. The van der Waals surface area contributed by atoms with Gasteiger partial charge in [0.25, 0.3) is 0 Å². The predicted octanol–water partition coefficient (Wildman–Crippen LogP) is 3.23. The van der Waals surface area contributed by atoms with Crippen LogP contribution in [0.15, 0.2) is 0 Å². The van der Waals surface area contributed by atoms with Crippen molar-refractivity contribution in [1.29, 1.82) is 0 Å². The van der Waals surface area contributed by atoms with Crippen LogP contribution in [0.25, 0.3) is 0 Å². The maximum absolute atomic E-state index is 11.7. The summed E-state index contributed by atoms with van der Waals surface area (Å²) in [6, 6.07) is 0.133. The molecule has 0 spiro atoms. The minimum Gasteiger partial charge on any atom is -0.444 e. The van der Waals surface area contributed by atoms with Crippen LogP contribution in [0.3, 0.4) is 0 Å². The summed E-state index contributed by atoms with van der Waals surface area (Å²) in [5.41, 5.74) is -0.978. The zero-order valence-electron chi connectivity index (χ0n) is 13.0. The number of hydrogen-bond donors (Lipinski definition) is 2. The van der Waals surface area contributed by atoms with Gasteiger partial charge in [0.1, 0.15) is 5.60 Å². The van der Waals surface area contributed by atoms with Gasteiger partial charge in [0.15, 0.2) is 0 Å². The molecule has 0 aromatic carbocycles. The van der Waals surface area contributed by atoms with Crippen molar-refractivity contribution >= 4 is 6.09 Å². The molecule has 0 saturated heterocycles. The molecule has 1 aliphatic carbocycles. The molecule has 0 heterocycles. The van der Waals surface area contributed by atoms with Crippen molar-refractivity contribution in [2.75, 3.05) is 0 Å². The Balaban J connectivity index is 2.40. The fourth-order valence-electron chi connectivity index (χ4n) is 2.75. The third-order valence-electron chi connectivity index (χ3n) is 3.65. The van der Waals surface area contributed by atoms with Gasteiger partial charge in [-0.25, -0.2) is 4.79 Å². The fourth-order valence-corrected chi connectivity index (χ4v) is 2.75. The largest absolute Gasteiger partial charge is 0.444 e. The Morgan fingerprint density at radius 2 is 2.16 bits per heavy atom. The molecule has 0 bridgehead atoms. The second-order valence-electron chi connectivity index (χ2n) is 7.09. The number of amides is 1. The highest BCUT2D eigenvalue weighted by atomic mass is 16.6. The van der Waals surface area contributed by atoms with Gasteiger partial charge in [-0.3, -0.25) is 0 Å². The number of aliphatic hydroxyl groups is 1. The van der Waals surface area contributed by atoms with E-state index in [2.05, 4.69) is 12.2 Å². The summed E-state index contributed by atoms with van der Waals surface area (Å²) < 4.78 is 5.28. The first-order valence-corrected chi connectivity index (χ1v) is 7.33. The van der Waals surface area contributed by atoms with E-state index in [4.69, 9.17) is 4.74 Å². The molecule has 3 atom stereocenters. The van der Waals surface area contributed by atoms with Crippen molar-refractivity contribution in [1.82, 2.24) is 5.32 Å². The van der Waals surface area contributed by atoms with Crippen LogP contribution in [0.4, 0.5) is 4.79 Å². The summed E-state index contributed by atoms with van der Waals surface area (Å²) in [5, 5.41) is 12.9. The third kappa shape index (κ3) is 6.28. The van der Waals surface area contributed by atoms with Crippen LogP contribution in [0.2, 0.25) is 0 Å². The van der Waals surface area contributed by atoms with Crippen LogP contribution in [0.5, 0.6) is 0 Å². The summed E-state index contributed by atoms with van der Waals surface area (Å²) in [4.78, 5) is 11.7. The highest BCUT2D eigenvalue weighted by Gasteiger charge is 2.34. The average Bonchev–Trinajstić information content (AvgIpc) is 2.54. The van der Waals surface area contributed by atoms with E-state index < -0.39 is 11.2 Å². The Kier molecular flexibility index (Phi) is 5.25. The topological polar surface area (TPSA) is 58.6 Å². The first-order valence-electron chi connectivity index (χ1n) is 7.33. The minimum absolute atomic E-state index is 0.133. The van der Waals surface area contributed by atoms with E-state index in [1.165, 1.54) is 0 Å². The normalized spacial score (nSPS) is 29.1. The Labute approximate surface area is 116 Å². The molecule has 1 saturated carbocycles. The van der Waals surface area contributed by atoms with E-state index in [9.17, 15) is 9.90 Å². The molecule has 3 unspecified atom stereocenters. The predicted molar refractivity (Wildman–Crippen MR) is 76.0 cm³/mol. The molecule has 1 rings (SSSR count). The zero-order valence-corrected chi connectivity index (χ0v) is 13.0. The van der Waals surface area contributed by atoms with E-state index in [1.807, 2.05) is 27.7 Å². The lowest BCUT2D eigenvalue weighted by Crippen LogP contribution is -2.39. The lowest BCUT2D eigenvalue weighted by atomic mass is 9.95. The standard InChI is InChI=1S/C15H29NO3/c1-6-12(16-13(17)19-14(2,3)4)9-11-7-8-15(5,18)10-11/h11-12,18H,6-10H2,1-5H3,(H,16,17). The first kappa shape index (κ1) is 16.3. The van der Waals surface area contributed by atoms with Gasteiger partial charge in [-0.1, -0.05) is 6.92 Å². The van der Waals surface area contributed by atoms with Crippen molar-refractivity contribution in [2.24, 2.45) is 5.92 Å². The van der Waals surface area contributed by atoms with Crippen LogP contribution in [0, 0.1) is 5.92 Å². The minimum atomic E-state index is -0.519. The molecule has 4 heteroatoms. The molecule has 2 N–H and O–H groups in total. The van der Waals surface area contributed by atoms with E-state index in [-0.39, 0.29) is 12.1 Å². The second-order valence-corrected chi connectivity index (χ2v) is 7.09. The van der Waals surface area contributed by atoms with E-state index in [0.29, 0.717) is 5.92 Å². The van der Waals surface area contributed by atoms with Crippen molar-refractivity contribution in [3.63, 3.8) is 0 Å². The highest BCUT2D eigenvalue weighted by molar-refractivity contribution is 5.68. The summed E-state index contributed by atoms with van der Waals surface area (Å²) in [7, 11) is 0. The average molecular weight is 271 g/mol. The number of carbonyl (C=O) groups is 1. The van der Waals surface area contributed by atoms with Crippen LogP contribution in [-0.2, 0) is 4.74 Å². The fraction of sp³-hybridized carbons (Fsp3) is 0.933. The number of rotatable bonds is 4. The van der Waals surface area contributed by atoms with Crippen molar-refractivity contribution in [3.05, 3.63) is 0 Å². The Hall–Kier alpha value is -0.770. The molecule has 1 aliphatic rings. The highest BCUT2D eigenvalue weighted by Crippen LogP contribution is 2.36. The third-order valence-corrected chi connectivity index (χ3v) is 3.65. The smallest absolute Gasteiger partial charge is 0.407 e. The lowest BCUT2D eigenvalue weighted by Gasteiger charge is -2.25. The Bertz CT molecular complexity index is 307. The summed E-state index contributed by atoms with van der Waals surface area (Å²) in [5.74, 6) is 0.495. The lowest BCUT2D eigenvalue weighted by molar-refractivity contribution is 0.0489. The van der Waals surface area contributed by atoms with Crippen molar-refractivity contribution in [3.8, 4) is 0 Å².